The van der Waals surface area contributed by atoms with E-state index in [-0.39, 0.29) is 0 Å². The van der Waals surface area contributed by atoms with E-state index in [2.05, 4.69) is 8.51 Å². The lowest BCUT2D eigenvalue weighted by atomic mass is 10.4. The van der Waals surface area contributed by atoms with Crippen LogP contribution in [-0.2, 0) is 0 Å². The number of anilines is 1. The maximum atomic E-state index is 10.7. The van der Waals surface area contributed by atoms with Crippen LogP contribution in [0.2, 0.25) is 0 Å². The summed E-state index contributed by atoms with van der Waals surface area (Å²) in [6.07, 6.45) is 0. The summed E-state index contributed by atoms with van der Waals surface area (Å²) >= 11 is 3.22. The Labute approximate surface area is 81.7 Å². The molecule has 0 aromatic carbocycles. The van der Waals surface area contributed by atoms with E-state index in [0.29, 0.717) is 15.7 Å². The molecule has 0 aliphatic heterocycles. The Hall–Kier alpha value is -0.370. The molecule has 0 aliphatic rings. The molecule has 0 atom stereocenters. The number of halogens is 1. The predicted molar refractivity (Wildman–Crippen MR) is 53.0 cm³/mol. The predicted octanol–water partition coefficient (Wildman–Crippen LogP) is 1.31. The second-order valence-electron chi connectivity index (χ2n) is 1.89. The third kappa shape index (κ3) is 1.80. The Morgan fingerprint density at radius 3 is 2.73 bits per heavy atom. The number of aryl methyl sites for hydroxylation is 1. The summed E-state index contributed by atoms with van der Waals surface area (Å²) in [5.74, 6) is -0.419. The number of carbonyl (C=O) groups is 1. The number of thiazole rings is 1. The lowest BCUT2D eigenvalue weighted by Gasteiger charge is -1.85. The first-order chi connectivity index (χ1) is 5.15. The number of rotatable bonds is 2. The van der Waals surface area contributed by atoms with Crippen molar-refractivity contribution in [1.29, 1.82) is 0 Å². The third-order valence-corrected chi connectivity index (χ3v) is 3.07. The van der Waals surface area contributed by atoms with Gasteiger partial charge in [-0.2, -0.15) is 0 Å². The third-order valence-electron chi connectivity index (χ3n) is 1.10. The van der Waals surface area contributed by atoms with Gasteiger partial charge in [-0.1, -0.05) is 11.3 Å². The molecule has 60 valence electrons. The fourth-order valence-corrected chi connectivity index (χ4v) is 1.82. The van der Waals surface area contributed by atoms with Gasteiger partial charge in [0.2, 0.25) is 0 Å². The number of primary amides is 1. The molecular formula is C5H6IN3OS. The van der Waals surface area contributed by atoms with Gasteiger partial charge in [0.25, 0.3) is 5.91 Å². The Morgan fingerprint density at radius 1 is 1.82 bits per heavy atom. The van der Waals surface area contributed by atoms with Crippen LogP contribution in [0.1, 0.15) is 15.4 Å². The van der Waals surface area contributed by atoms with Gasteiger partial charge in [0.1, 0.15) is 4.88 Å². The number of nitrogens with zero attached hydrogens (tertiary/aromatic N) is 1. The van der Waals surface area contributed by atoms with Crippen LogP contribution in [0.5, 0.6) is 0 Å². The topological polar surface area (TPSA) is 68.0 Å². The molecule has 0 saturated heterocycles. The maximum absolute atomic E-state index is 10.7. The van der Waals surface area contributed by atoms with Crippen LogP contribution in [0.4, 0.5) is 5.13 Å². The molecule has 1 amide bonds. The van der Waals surface area contributed by atoms with Gasteiger partial charge >= 0.3 is 0 Å². The molecular weight excluding hydrogens is 277 g/mol. The average molecular weight is 283 g/mol. The van der Waals surface area contributed by atoms with Crippen molar-refractivity contribution >= 4 is 45.2 Å². The average Bonchev–Trinajstić information content (AvgIpc) is 2.30. The first-order valence-electron chi connectivity index (χ1n) is 2.79. The summed E-state index contributed by atoms with van der Waals surface area (Å²) < 4.78 is 2.81. The van der Waals surface area contributed by atoms with Crippen molar-refractivity contribution in [1.82, 2.24) is 4.98 Å². The number of carbonyl (C=O) groups excluding carboxylic acids is 1. The summed E-state index contributed by atoms with van der Waals surface area (Å²) in [6, 6.07) is 0. The van der Waals surface area contributed by atoms with Crippen molar-refractivity contribution in [2.45, 2.75) is 6.92 Å². The van der Waals surface area contributed by atoms with E-state index in [1.54, 1.807) is 6.92 Å². The Morgan fingerprint density at radius 2 is 2.45 bits per heavy atom. The zero-order valence-corrected chi connectivity index (χ0v) is 8.69. The van der Waals surface area contributed by atoms with Gasteiger partial charge in [0.15, 0.2) is 5.13 Å². The fourth-order valence-electron chi connectivity index (χ4n) is 0.665. The minimum atomic E-state index is -0.419. The molecule has 0 radical (unpaired) electrons. The largest absolute Gasteiger partial charge is 0.365 e. The minimum Gasteiger partial charge on any atom is -0.365 e. The molecule has 1 heterocycles. The molecule has 11 heavy (non-hydrogen) atoms. The van der Waals surface area contributed by atoms with Crippen LogP contribution >= 0.6 is 34.2 Å². The second-order valence-corrected chi connectivity index (χ2v) is 3.43. The monoisotopic (exact) mass is 283 g/mol. The summed E-state index contributed by atoms with van der Waals surface area (Å²) in [5.41, 5.74) is 5.77. The number of amides is 1. The number of hydrogen-bond donors (Lipinski definition) is 2. The zero-order valence-electron chi connectivity index (χ0n) is 5.72. The van der Waals surface area contributed by atoms with Gasteiger partial charge in [0.05, 0.1) is 28.6 Å². The molecule has 3 N–H and O–H groups in total. The molecule has 0 fully saturated rings. The lowest BCUT2D eigenvalue weighted by Crippen LogP contribution is -2.09. The molecule has 0 saturated carbocycles. The highest BCUT2D eigenvalue weighted by Crippen LogP contribution is 2.22. The molecule has 0 aliphatic carbocycles. The maximum Gasteiger partial charge on any atom is 0.260 e. The van der Waals surface area contributed by atoms with E-state index in [1.165, 1.54) is 11.3 Å². The normalized spacial score (nSPS) is 9.64. The van der Waals surface area contributed by atoms with Crippen LogP contribution in [0.15, 0.2) is 0 Å². The lowest BCUT2D eigenvalue weighted by molar-refractivity contribution is 0.100. The first kappa shape index (κ1) is 8.72. The summed E-state index contributed by atoms with van der Waals surface area (Å²) in [6.45, 7) is 1.76. The minimum absolute atomic E-state index is 0.419. The van der Waals surface area contributed by atoms with Gasteiger partial charge in [-0.3, -0.25) is 4.79 Å². The van der Waals surface area contributed by atoms with Gasteiger partial charge in [-0.05, 0) is 6.92 Å². The molecule has 1 aromatic rings. The van der Waals surface area contributed by atoms with E-state index in [1.807, 2.05) is 22.9 Å². The number of nitrogens with one attached hydrogen (secondary N) is 1. The van der Waals surface area contributed by atoms with E-state index >= 15 is 0 Å². The standard InChI is InChI=1S/C5H6IN3OS/c1-2-3(4(7)10)11-5(8-2)9-6/h1H3,(H2,7,10)(H,8,9). The van der Waals surface area contributed by atoms with E-state index in [9.17, 15) is 4.79 Å². The van der Waals surface area contributed by atoms with Crippen molar-refractivity contribution in [3.05, 3.63) is 10.6 Å². The highest BCUT2D eigenvalue weighted by atomic mass is 127. The SMILES string of the molecule is Cc1nc(NI)sc1C(N)=O. The van der Waals surface area contributed by atoms with Gasteiger partial charge in [-0.25, -0.2) is 4.98 Å². The Balaban J connectivity index is 3.07. The summed E-state index contributed by atoms with van der Waals surface area (Å²) in [7, 11) is 0. The van der Waals surface area contributed by atoms with E-state index in [4.69, 9.17) is 5.73 Å². The van der Waals surface area contributed by atoms with Crippen molar-refractivity contribution in [2.24, 2.45) is 5.73 Å². The number of aromatic nitrogens is 1. The van der Waals surface area contributed by atoms with Gasteiger partial charge < -0.3 is 9.26 Å². The molecule has 4 nitrogen and oxygen atoms in total. The summed E-state index contributed by atoms with van der Waals surface area (Å²) in [5, 5.41) is 0.705. The molecule has 0 bridgehead atoms. The van der Waals surface area contributed by atoms with Crippen molar-refractivity contribution in [3.63, 3.8) is 0 Å². The van der Waals surface area contributed by atoms with Gasteiger partial charge in [0, 0.05) is 0 Å². The highest BCUT2D eigenvalue weighted by molar-refractivity contribution is 14.1. The van der Waals surface area contributed by atoms with Crippen LogP contribution < -0.4 is 9.26 Å². The zero-order chi connectivity index (χ0) is 8.43. The van der Waals surface area contributed by atoms with Crippen LogP contribution in [-0.4, -0.2) is 10.9 Å². The van der Waals surface area contributed by atoms with Crippen molar-refractivity contribution < 1.29 is 4.79 Å². The molecule has 0 spiro atoms. The van der Waals surface area contributed by atoms with Crippen LogP contribution in [0.3, 0.4) is 0 Å². The van der Waals surface area contributed by atoms with Crippen molar-refractivity contribution in [2.75, 3.05) is 3.53 Å². The number of hydrogen-bond acceptors (Lipinski definition) is 4. The smallest absolute Gasteiger partial charge is 0.260 e. The van der Waals surface area contributed by atoms with Crippen molar-refractivity contribution in [3.8, 4) is 0 Å². The molecule has 1 rings (SSSR count). The van der Waals surface area contributed by atoms with Crippen LogP contribution in [0.25, 0.3) is 0 Å². The quantitative estimate of drug-likeness (QED) is 0.635. The molecule has 0 unspecified atom stereocenters. The summed E-state index contributed by atoms with van der Waals surface area (Å²) in [4.78, 5) is 15.3. The van der Waals surface area contributed by atoms with E-state index < -0.39 is 5.91 Å². The molecule has 1 aromatic heterocycles. The first-order valence-corrected chi connectivity index (χ1v) is 4.68. The fraction of sp³-hybridized carbons (Fsp3) is 0.200. The van der Waals surface area contributed by atoms with Crippen LogP contribution in [0, 0.1) is 6.92 Å². The second kappa shape index (κ2) is 3.35. The Kier molecular flexibility index (Phi) is 2.66. The highest BCUT2D eigenvalue weighted by Gasteiger charge is 2.10. The molecule has 6 heteroatoms. The van der Waals surface area contributed by atoms with E-state index in [0.717, 1.165) is 0 Å². The van der Waals surface area contributed by atoms with Gasteiger partial charge in [-0.15, -0.1) is 0 Å². The number of nitrogens with two attached hydrogens (primary N) is 1. The Bertz CT molecular complexity index is 285.